The third-order valence-corrected chi connectivity index (χ3v) is 6.70. The number of aryl methyl sites for hydroxylation is 2. The van der Waals surface area contributed by atoms with Gasteiger partial charge in [0.2, 0.25) is 5.91 Å². The Hall–Kier alpha value is -2.05. The fourth-order valence-corrected chi connectivity index (χ4v) is 5.98. The molecule has 7 heteroatoms. The maximum absolute atomic E-state index is 12.4. The average molecular weight is 388 g/mol. The van der Waals surface area contributed by atoms with Crippen molar-refractivity contribution in [1.29, 1.82) is 0 Å². The third kappa shape index (κ3) is 4.67. The number of hydrogen-bond acceptors (Lipinski definition) is 3. The van der Waals surface area contributed by atoms with E-state index in [-0.39, 0.29) is 17.5 Å². The van der Waals surface area contributed by atoms with Gasteiger partial charge in [-0.05, 0) is 75.2 Å². The number of nitrogens with zero attached hydrogens (tertiary/aromatic N) is 2. The molecule has 5 rings (SSSR count). The zero-order chi connectivity index (χ0) is 19.6. The smallest absolute Gasteiger partial charge is 0.315 e. The third-order valence-electron chi connectivity index (χ3n) is 6.70. The second-order valence-corrected chi connectivity index (χ2v) is 9.31. The second-order valence-electron chi connectivity index (χ2n) is 9.31. The lowest BCUT2D eigenvalue weighted by Crippen LogP contribution is -2.61. The average Bonchev–Trinajstić information content (AvgIpc) is 3.02. The summed E-state index contributed by atoms with van der Waals surface area (Å²) in [6, 6.07) is -0.108. The van der Waals surface area contributed by atoms with E-state index in [1.54, 1.807) is 0 Å². The van der Waals surface area contributed by atoms with Crippen molar-refractivity contribution < 1.29 is 9.59 Å². The van der Waals surface area contributed by atoms with Crippen molar-refractivity contribution in [3.8, 4) is 0 Å². The molecule has 4 fully saturated rings. The minimum absolute atomic E-state index is 0.0198. The molecule has 3 N–H and O–H groups in total. The largest absolute Gasteiger partial charge is 0.356 e. The molecule has 28 heavy (non-hydrogen) atoms. The van der Waals surface area contributed by atoms with Gasteiger partial charge < -0.3 is 16.0 Å². The van der Waals surface area contributed by atoms with Crippen molar-refractivity contribution in [3.63, 3.8) is 0 Å². The van der Waals surface area contributed by atoms with Gasteiger partial charge >= 0.3 is 6.03 Å². The van der Waals surface area contributed by atoms with E-state index in [0.717, 1.165) is 55.5 Å². The van der Waals surface area contributed by atoms with Crippen LogP contribution in [0.2, 0.25) is 0 Å². The van der Waals surface area contributed by atoms with Gasteiger partial charge in [-0.25, -0.2) is 4.79 Å². The summed E-state index contributed by atoms with van der Waals surface area (Å²) in [4.78, 5) is 24.3. The highest BCUT2D eigenvalue weighted by molar-refractivity contribution is 5.78. The van der Waals surface area contributed by atoms with Gasteiger partial charge in [0.15, 0.2) is 0 Å². The first-order chi connectivity index (χ1) is 13.5. The molecule has 0 radical (unpaired) electrons. The van der Waals surface area contributed by atoms with Crippen LogP contribution in [0.25, 0.3) is 0 Å². The van der Waals surface area contributed by atoms with Crippen LogP contribution in [0.3, 0.4) is 0 Å². The Morgan fingerprint density at radius 2 is 1.79 bits per heavy atom. The standard InChI is InChI=1S/C21H33N5O2/c1-15-13-24-26(14-15)6-2-4-22-19(27)3-5-23-20(28)25-21-10-16-7-17(11-21)9-18(8-16)12-21/h13-14,16-18H,2-12H2,1H3,(H,22,27)(H2,23,25,28). The van der Waals surface area contributed by atoms with Crippen LogP contribution in [-0.4, -0.2) is 40.3 Å². The summed E-state index contributed by atoms with van der Waals surface area (Å²) >= 11 is 0. The summed E-state index contributed by atoms with van der Waals surface area (Å²) in [6.07, 6.45) is 12.5. The number of urea groups is 1. The predicted molar refractivity (Wildman–Crippen MR) is 107 cm³/mol. The minimum Gasteiger partial charge on any atom is -0.356 e. The van der Waals surface area contributed by atoms with E-state index in [4.69, 9.17) is 0 Å². The van der Waals surface area contributed by atoms with E-state index >= 15 is 0 Å². The van der Waals surface area contributed by atoms with Gasteiger partial charge in [0, 0.05) is 37.8 Å². The highest BCUT2D eigenvalue weighted by Gasteiger charge is 2.51. The number of hydrogen-bond donors (Lipinski definition) is 3. The predicted octanol–water partition coefficient (Wildman–Crippen LogP) is 2.36. The molecular weight excluding hydrogens is 354 g/mol. The molecule has 0 unspecified atom stereocenters. The fourth-order valence-electron chi connectivity index (χ4n) is 5.98. The lowest BCUT2D eigenvalue weighted by molar-refractivity contribution is -0.120. The van der Waals surface area contributed by atoms with Gasteiger partial charge in [0.05, 0.1) is 6.20 Å². The van der Waals surface area contributed by atoms with Crippen molar-refractivity contribution >= 4 is 11.9 Å². The SMILES string of the molecule is Cc1cnn(CCCNC(=O)CCNC(=O)NC23CC4CC(CC(C4)C2)C3)c1. The molecule has 3 amide bonds. The molecule has 0 aromatic carbocycles. The molecule has 154 valence electrons. The Morgan fingerprint density at radius 1 is 1.11 bits per heavy atom. The minimum atomic E-state index is -0.108. The van der Waals surface area contributed by atoms with Crippen molar-refractivity contribution in [1.82, 2.24) is 25.7 Å². The summed E-state index contributed by atoms with van der Waals surface area (Å²) in [7, 11) is 0. The number of aromatic nitrogens is 2. The molecule has 1 aromatic heterocycles. The molecule has 1 heterocycles. The fraction of sp³-hybridized carbons (Fsp3) is 0.762. The molecule has 0 aliphatic heterocycles. The van der Waals surface area contributed by atoms with Crippen molar-refractivity contribution in [2.75, 3.05) is 13.1 Å². The van der Waals surface area contributed by atoms with Gasteiger partial charge in [-0.1, -0.05) is 0 Å². The van der Waals surface area contributed by atoms with Crippen molar-refractivity contribution in [2.24, 2.45) is 17.8 Å². The van der Waals surface area contributed by atoms with E-state index in [9.17, 15) is 9.59 Å². The Labute approximate surface area is 167 Å². The van der Waals surface area contributed by atoms with Crippen LogP contribution in [0.15, 0.2) is 12.4 Å². The first-order valence-corrected chi connectivity index (χ1v) is 10.8. The van der Waals surface area contributed by atoms with E-state index < -0.39 is 0 Å². The number of rotatable bonds is 8. The summed E-state index contributed by atoms with van der Waals surface area (Å²) in [5.41, 5.74) is 1.16. The Kier molecular flexibility index (Phi) is 5.60. The van der Waals surface area contributed by atoms with Gasteiger partial charge in [-0.3, -0.25) is 9.48 Å². The quantitative estimate of drug-likeness (QED) is 0.598. The Bertz CT molecular complexity index is 678. The highest BCUT2D eigenvalue weighted by Crippen LogP contribution is 2.55. The van der Waals surface area contributed by atoms with E-state index in [2.05, 4.69) is 21.0 Å². The van der Waals surface area contributed by atoms with Crippen LogP contribution in [0.4, 0.5) is 4.79 Å². The molecular formula is C21H33N5O2. The molecule has 7 nitrogen and oxygen atoms in total. The van der Waals surface area contributed by atoms with E-state index in [1.807, 2.05) is 24.0 Å². The van der Waals surface area contributed by atoms with Gasteiger partial charge in [0.1, 0.15) is 0 Å². The van der Waals surface area contributed by atoms with Crippen LogP contribution < -0.4 is 16.0 Å². The van der Waals surface area contributed by atoms with Crippen LogP contribution >= 0.6 is 0 Å². The monoisotopic (exact) mass is 387 g/mol. The van der Waals surface area contributed by atoms with E-state index in [0.29, 0.717) is 19.5 Å². The zero-order valence-electron chi connectivity index (χ0n) is 16.9. The van der Waals surface area contributed by atoms with Crippen LogP contribution in [0.5, 0.6) is 0 Å². The van der Waals surface area contributed by atoms with Crippen LogP contribution in [0, 0.1) is 24.7 Å². The Morgan fingerprint density at radius 3 is 2.39 bits per heavy atom. The van der Waals surface area contributed by atoms with Crippen LogP contribution in [0.1, 0.15) is 56.9 Å². The molecule has 0 saturated heterocycles. The first-order valence-electron chi connectivity index (χ1n) is 10.8. The summed E-state index contributed by atoms with van der Waals surface area (Å²) in [6.45, 7) is 3.80. The first kappa shape index (κ1) is 19.3. The molecule has 0 atom stereocenters. The summed E-state index contributed by atoms with van der Waals surface area (Å²) in [5, 5.41) is 13.3. The zero-order valence-corrected chi connectivity index (χ0v) is 16.9. The maximum Gasteiger partial charge on any atom is 0.315 e. The number of amides is 3. The van der Waals surface area contributed by atoms with Crippen LogP contribution in [-0.2, 0) is 11.3 Å². The van der Waals surface area contributed by atoms with Gasteiger partial charge in [-0.2, -0.15) is 5.10 Å². The lowest BCUT2D eigenvalue weighted by Gasteiger charge is -2.56. The summed E-state index contributed by atoms with van der Waals surface area (Å²) < 4.78 is 1.89. The highest BCUT2D eigenvalue weighted by atomic mass is 16.2. The van der Waals surface area contributed by atoms with Crippen molar-refractivity contribution in [2.45, 2.75) is 70.4 Å². The second kappa shape index (κ2) is 8.13. The number of carbonyl (C=O) groups excluding carboxylic acids is 2. The normalized spacial score (nSPS) is 30.2. The molecule has 0 spiro atoms. The van der Waals surface area contributed by atoms with E-state index in [1.165, 1.54) is 19.3 Å². The topological polar surface area (TPSA) is 88.1 Å². The van der Waals surface area contributed by atoms with Gasteiger partial charge in [0.25, 0.3) is 0 Å². The molecule has 1 aromatic rings. The molecule has 4 bridgehead atoms. The summed E-state index contributed by atoms with van der Waals surface area (Å²) in [5.74, 6) is 2.40. The molecule has 4 aliphatic carbocycles. The lowest BCUT2D eigenvalue weighted by atomic mass is 9.53. The molecule has 4 saturated carbocycles. The maximum atomic E-state index is 12.4. The molecule has 4 aliphatic rings. The number of nitrogens with one attached hydrogen (secondary N) is 3. The Balaban J connectivity index is 1.10. The van der Waals surface area contributed by atoms with Gasteiger partial charge in [-0.15, -0.1) is 0 Å². The van der Waals surface area contributed by atoms with Crippen molar-refractivity contribution in [3.05, 3.63) is 18.0 Å². The number of carbonyl (C=O) groups is 2.